The van der Waals surface area contributed by atoms with Gasteiger partial charge >= 0.3 is 5.97 Å². The molecule has 76 valence electrons. The lowest BCUT2D eigenvalue weighted by atomic mass is 9.94. The summed E-state index contributed by atoms with van der Waals surface area (Å²) < 4.78 is 4.93. The Morgan fingerprint density at radius 2 is 2.36 bits per heavy atom. The molecule has 0 saturated carbocycles. The number of carbonyl (C=O) groups is 1. The molecule has 14 heavy (non-hydrogen) atoms. The molecule has 0 radical (unpaired) electrons. The fraction of sp³-hybridized carbons (Fsp3) is 0.333. The van der Waals surface area contributed by atoms with Crippen molar-refractivity contribution in [3.05, 3.63) is 23.9 Å². The molecule has 0 aliphatic heterocycles. The summed E-state index contributed by atoms with van der Waals surface area (Å²) in [5.74, 6) is -0.885. The number of carboxylic acids is 1. The summed E-state index contributed by atoms with van der Waals surface area (Å²) >= 11 is 0. The van der Waals surface area contributed by atoms with E-state index >= 15 is 0 Å². The van der Waals surface area contributed by atoms with Crippen LogP contribution in [-0.2, 0) is 10.3 Å². The number of methoxy groups -OCH3 is 1. The zero-order chi connectivity index (χ0) is 10.8. The third-order valence-electron chi connectivity index (χ3n) is 1.97. The van der Waals surface area contributed by atoms with Gasteiger partial charge in [-0.05, 0) is 19.1 Å². The number of aromatic nitrogens is 1. The Balaban J connectivity index is 3.24. The number of carboxylic acid groups (broad SMARTS) is 1. The molecule has 0 amide bonds. The van der Waals surface area contributed by atoms with E-state index in [0.717, 1.165) is 0 Å². The molecule has 1 atom stereocenters. The van der Waals surface area contributed by atoms with Crippen LogP contribution in [0.1, 0.15) is 12.5 Å². The van der Waals surface area contributed by atoms with Crippen molar-refractivity contribution in [3.8, 4) is 5.88 Å². The number of rotatable bonds is 3. The molecule has 0 saturated heterocycles. The van der Waals surface area contributed by atoms with Crippen LogP contribution < -0.4 is 10.5 Å². The van der Waals surface area contributed by atoms with Crippen molar-refractivity contribution in [1.82, 2.24) is 4.98 Å². The van der Waals surface area contributed by atoms with Gasteiger partial charge in [-0.3, -0.25) is 0 Å². The molecule has 5 heteroatoms. The molecule has 0 spiro atoms. The van der Waals surface area contributed by atoms with Crippen molar-refractivity contribution in [2.75, 3.05) is 7.11 Å². The Hall–Kier alpha value is -1.62. The SMILES string of the molecule is COc1ncccc1[C@@](C)(N)C(=O)O. The summed E-state index contributed by atoms with van der Waals surface area (Å²) in [6.45, 7) is 1.40. The number of aliphatic carboxylic acids is 1. The normalized spacial score (nSPS) is 14.5. The highest BCUT2D eigenvalue weighted by Crippen LogP contribution is 2.25. The lowest BCUT2D eigenvalue weighted by Gasteiger charge is -2.20. The Morgan fingerprint density at radius 3 is 2.86 bits per heavy atom. The van der Waals surface area contributed by atoms with Crippen molar-refractivity contribution in [1.29, 1.82) is 0 Å². The molecule has 0 aromatic carbocycles. The molecule has 1 rings (SSSR count). The highest BCUT2D eigenvalue weighted by molar-refractivity contribution is 5.80. The maximum absolute atomic E-state index is 10.9. The fourth-order valence-corrected chi connectivity index (χ4v) is 1.06. The summed E-state index contributed by atoms with van der Waals surface area (Å²) in [5, 5.41) is 8.91. The zero-order valence-electron chi connectivity index (χ0n) is 8.02. The average molecular weight is 196 g/mol. The Kier molecular flexibility index (Phi) is 2.71. The van der Waals surface area contributed by atoms with Gasteiger partial charge in [-0.2, -0.15) is 0 Å². The summed E-state index contributed by atoms with van der Waals surface area (Å²) in [5.41, 5.74) is 4.51. The quantitative estimate of drug-likeness (QED) is 0.728. The van der Waals surface area contributed by atoms with Crippen molar-refractivity contribution in [3.63, 3.8) is 0 Å². The van der Waals surface area contributed by atoms with Gasteiger partial charge < -0.3 is 15.6 Å². The third kappa shape index (κ3) is 1.67. The van der Waals surface area contributed by atoms with E-state index in [1.165, 1.54) is 20.2 Å². The number of ether oxygens (including phenoxy) is 1. The maximum Gasteiger partial charge on any atom is 0.328 e. The largest absolute Gasteiger partial charge is 0.481 e. The number of nitrogens with two attached hydrogens (primary N) is 1. The predicted molar refractivity (Wildman–Crippen MR) is 50.0 cm³/mol. The smallest absolute Gasteiger partial charge is 0.328 e. The van der Waals surface area contributed by atoms with Crippen LogP contribution in [0.4, 0.5) is 0 Å². The molecule has 1 aromatic heterocycles. The Bertz CT molecular complexity index is 350. The summed E-state index contributed by atoms with van der Waals surface area (Å²) in [7, 11) is 1.42. The molecule has 0 aliphatic carbocycles. The third-order valence-corrected chi connectivity index (χ3v) is 1.97. The standard InChI is InChI=1S/C9H12N2O3/c1-9(10,8(12)13)6-4-3-5-11-7(6)14-2/h3-5H,10H2,1-2H3,(H,12,13)/t9-/m1/s1. The van der Waals surface area contributed by atoms with Crippen molar-refractivity contribution < 1.29 is 14.6 Å². The summed E-state index contributed by atoms with van der Waals surface area (Å²) in [4.78, 5) is 14.8. The maximum atomic E-state index is 10.9. The van der Waals surface area contributed by atoms with E-state index in [4.69, 9.17) is 15.6 Å². The lowest BCUT2D eigenvalue weighted by molar-refractivity contribution is -0.143. The van der Waals surface area contributed by atoms with Gasteiger partial charge in [0, 0.05) is 11.8 Å². The first kappa shape index (κ1) is 10.5. The monoisotopic (exact) mass is 196 g/mol. The number of pyridine rings is 1. The number of nitrogens with zero attached hydrogens (tertiary/aromatic N) is 1. The van der Waals surface area contributed by atoms with Crippen LogP contribution in [0.2, 0.25) is 0 Å². The molecule has 0 aliphatic rings. The highest BCUT2D eigenvalue weighted by atomic mass is 16.5. The van der Waals surface area contributed by atoms with Crippen LogP contribution in [0.15, 0.2) is 18.3 Å². The van der Waals surface area contributed by atoms with Crippen molar-refractivity contribution in [2.45, 2.75) is 12.5 Å². The lowest BCUT2D eigenvalue weighted by Crippen LogP contribution is -2.42. The van der Waals surface area contributed by atoms with E-state index in [9.17, 15) is 4.79 Å². The van der Waals surface area contributed by atoms with Gasteiger partial charge in [-0.1, -0.05) is 0 Å². The topological polar surface area (TPSA) is 85.4 Å². The van der Waals surface area contributed by atoms with Gasteiger partial charge in [-0.15, -0.1) is 0 Å². The van der Waals surface area contributed by atoms with E-state index in [0.29, 0.717) is 5.56 Å². The van der Waals surface area contributed by atoms with E-state index in [1.54, 1.807) is 12.1 Å². The molecular formula is C9H12N2O3. The zero-order valence-corrected chi connectivity index (χ0v) is 8.02. The second-order valence-corrected chi connectivity index (χ2v) is 3.07. The van der Waals surface area contributed by atoms with Crippen LogP contribution in [-0.4, -0.2) is 23.2 Å². The Labute approximate surface area is 81.5 Å². The fourth-order valence-electron chi connectivity index (χ4n) is 1.06. The minimum atomic E-state index is -1.49. The molecule has 3 N–H and O–H groups in total. The van der Waals surface area contributed by atoms with E-state index in [-0.39, 0.29) is 5.88 Å². The second-order valence-electron chi connectivity index (χ2n) is 3.07. The van der Waals surface area contributed by atoms with Crippen LogP contribution in [0.25, 0.3) is 0 Å². The van der Waals surface area contributed by atoms with Crippen molar-refractivity contribution in [2.24, 2.45) is 5.73 Å². The minimum Gasteiger partial charge on any atom is -0.481 e. The molecule has 0 unspecified atom stereocenters. The first-order chi connectivity index (χ1) is 6.50. The first-order valence-electron chi connectivity index (χ1n) is 4.02. The van der Waals surface area contributed by atoms with E-state index < -0.39 is 11.5 Å². The average Bonchev–Trinajstić information content (AvgIpc) is 2.17. The molecule has 1 aromatic rings. The van der Waals surface area contributed by atoms with Crippen LogP contribution in [0.3, 0.4) is 0 Å². The highest BCUT2D eigenvalue weighted by Gasteiger charge is 2.33. The molecule has 5 nitrogen and oxygen atoms in total. The molecule has 0 fully saturated rings. The van der Waals surface area contributed by atoms with Crippen LogP contribution in [0.5, 0.6) is 5.88 Å². The van der Waals surface area contributed by atoms with Gasteiger partial charge in [0.2, 0.25) is 5.88 Å². The van der Waals surface area contributed by atoms with Gasteiger partial charge in [0.05, 0.1) is 7.11 Å². The van der Waals surface area contributed by atoms with Gasteiger partial charge in [0.1, 0.15) is 5.54 Å². The van der Waals surface area contributed by atoms with Gasteiger partial charge in [-0.25, -0.2) is 9.78 Å². The minimum absolute atomic E-state index is 0.236. The molecule has 0 bridgehead atoms. The number of hydrogen-bond donors (Lipinski definition) is 2. The molecular weight excluding hydrogens is 184 g/mol. The van der Waals surface area contributed by atoms with Gasteiger partial charge in [0.15, 0.2) is 0 Å². The van der Waals surface area contributed by atoms with E-state index in [1.807, 2.05) is 0 Å². The van der Waals surface area contributed by atoms with Gasteiger partial charge in [0.25, 0.3) is 0 Å². The van der Waals surface area contributed by atoms with Crippen molar-refractivity contribution >= 4 is 5.97 Å². The Morgan fingerprint density at radius 1 is 1.71 bits per heavy atom. The van der Waals surface area contributed by atoms with E-state index in [2.05, 4.69) is 4.98 Å². The second kappa shape index (κ2) is 3.63. The summed E-state index contributed by atoms with van der Waals surface area (Å²) in [6, 6.07) is 3.20. The number of hydrogen-bond acceptors (Lipinski definition) is 4. The predicted octanol–water partition coefficient (Wildman–Crippen LogP) is 0.349. The summed E-state index contributed by atoms with van der Waals surface area (Å²) in [6.07, 6.45) is 1.51. The first-order valence-corrected chi connectivity index (χ1v) is 4.02. The van der Waals surface area contributed by atoms with Crippen LogP contribution in [0, 0.1) is 0 Å². The molecule has 1 heterocycles. The van der Waals surface area contributed by atoms with Crippen LogP contribution >= 0.6 is 0 Å².